The van der Waals surface area contributed by atoms with Crippen LogP contribution >= 0.6 is 0 Å². The van der Waals surface area contributed by atoms with Crippen molar-refractivity contribution >= 4 is 27.5 Å². The van der Waals surface area contributed by atoms with Crippen LogP contribution in [0.15, 0.2) is 18.2 Å². The fraction of sp³-hybridized carbons (Fsp3) is 0.467. The van der Waals surface area contributed by atoms with Crippen molar-refractivity contribution < 1.29 is 18.0 Å². The van der Waals surface area contributed by atoms with Crippen molar-refractivity contribution in [3.05, 3.63) is 29.3 Å². The first-order valence-corrected chi connectivity index (χ1v) is 9.35. The maximum Gasteiger partial charge on any atom is 0.315 e. The zero-order valence-electron chi connectivity index (χ0n) is 12.8. The number of anilines is 1. The highest BCUT2D eigenvalue weighted by Crippen LogP contribution is 2.26. The van der Waals surface area contributed by atoms with Crippen molar-refractivity contribution in [3.8, 4) is 0 Å². The van der Waals surface area contributed by atoms with E-state index in [1.807, 2.05) is 25.1 Å². The van der Waals surface area contributed by atoms with Crippen LogP contribution in [0.2, 0.25) is 0 Å². The Morgan fingerprint density at radius 1 is 1.39 bits per heavy atom. The number of benzene rings is 1. The first-order valence-electron chi connectivity index (χ1n) is 7.52. The Kier molecular flexibility index (Phi) is 4.01. The van der Waals surface area contributed by atoms with Crippen LogP contribution in [0.1, 0.15) is 30.5 Å². The molecule has 0 spiro atoms. The first-order chi connectivity index (χ1) is 10.8. The molecule has 3 N–H and O–H groups in total. The molecule has 2 aliphatic rings. The Bertz CT molecular complexity index is 760. The minimum absolute atomic E-state index is 0.00142. The van der Waals surface area contributed by atoms with Gasteiger partial charge in [-0.3, -0.25) is 4.79 Å². The van der Waals surface area contributed by atoms with E-state index in [0.29, 0.717) is 12.8 Å². The molecular formula is C15H19N3O4S. The summed E-state index contributed by atoms with van der Waals surface area (Å²) in [7, 11) is -3.02. The second-order valence-electron chi connectivity index (χ2n) is 6.08. The number of nitrogens with one attached hydrogen (secondary N) is 3. The Balaban J connectivity index is 1.59. The van der Waals surface area contributed by atoms with Gasteiger partial charge < -0.3 is 16.0 Å². The number of amides is 3. The van der Waals surface area contributed by atoms with Gasteiger partial charge in [0.15, 0.2) is 9.84 Å². The average molecular weight is 337 g/mol. The van der Waals surface area contributed by atoms with E-state index < -0.39 is 9.84 Å². The topological polar surface area (TPSA) is 104 Å². The van der Waals surface area contributed by atoms with Gasteiger partial charge >= 0.3 is 6.03 Å². The lowest BCUT2D eigenvalue weighted by Gasteiger charge is -2.18. The number of sulfone groups is 1. The summed E-state index contributed by atoms with van der Waals surface area (Å²) in [6, 6.07) is 4.64. The van der Waals surface area contributed by atoms with Crippen LogP contribution in [0.4, 0.5) is 10.5 Å². The van der Waals surface area contributed by atoms with E-state index >= 15 is 0 Å². The van der Waals surface area contributed by atoms with Crippen molar-refractivity contribution in [3.63, 3.8) is 0 Å². The third-order valence-corrected chi connectivity index (χ3v) is 5.94. The molecule has 1 saturated heterocycles. The van der Waals surface area contributed by atoms with E-state index in [2.05, 4.69) is 16.0 Å². The molecule has 23 heavy (non-hydrogen) atoms. The van der Waals surface area contributed by atoms with Gasteiger partial charge in [-0.25, -0.2) is 13.2 Å². The van der Waals surface area contributed by atoms with Gasteiger partial charge in [-0.1, -0.05) is 12.1 Å². The molecule has 0 unspecified atom stereocenters. The zero-order chi connectivity index (χ0) is 16.6. The largest absolute Gasteiger partial charge is 0.334 e. The van der Waals surface area contributed by atoms with Gasteiger partial charge in [-0.15, -0.1) is 0 Å². The number of rotatable bonds is 3. The Labute approximate surface area is 134 Å². The number of carbonyl (C=O) groups excluding carboxylic acids is 2. The van der Waals surface area contributed by atoms with Gasteiger partial charge in [0.2, 0.25) is 5.91 Å². The molecule has 1 fully saturated rings. The van der Waals surface area contributed by atoms with Gasteiger partial charge in [-0.05, 0) is 30.5 Å². The molecule has 124 valence electrons. The third kappa shape index (κ3) is 3.64. The molecule has 0 aromatic heterocycles. The quantitative estimate of drug-likeness (QED) is 0.756. The zero-order valence-corrected chi connectivity index (χ0v) is 13.6. The molecule has 2 heterocycles. The highest BCUT2D eigenvalue weighted by Gasteiger charge is 2.29. The summed E-state index contributed by atoms with van der Waals surface area (Å²) in [5.74, 6) is 0.0961. The van der Waals surface area contributed by atoms with Crippen LogP contribution in [-0.4, -0.2) is 37.9 Å². The SMILES string of the molecule is C[C@H](NC(=O)N[C@H]1CCS(=O)(=O)C1)c1ccc2c(c1)CC(=O)N2. The number of urea groups is 1. The second-order valence-corrected chi connectivity index (χ2v) is 8.31. The lowest BCUT2D eigenvalue weighted by Crippen LogP contribution is -2.43. The van der Waals surface area contributed by atoms with Crippen molar-refractivity contribution in [1.82, 2.24) is 10.6 Å². The molecule has 3 rings (SSSR count). The predicted octanol–water partition coefficient (Wildman–Crippen LogP) is 0.728. The molecule has 1 aromatic carbocycles. The molecule has 8 heteroatoms. The third-order valence-electron chi connectivity index (χ3n) is 4.17. The van der Waals surface area contributed by atoms with Crippen LogP contribution in [0, 0.1) is 0 Å². The minimum atomic E-state index is -3.02. The van der Waals surface area contributed by atoms with E-state index in [1.54, 1.807) is 0 Å². The summed E-state index contributed by atoms with van der Waals surface area (Å²) in [6.07, 6.45) is 0.804. The van der Waals surface area contributed by atoms with Gasteiger partial charge in [-0.2, -0.15) is 0 Å². The number of fused-ring (bicyclic) bond motifs is 1. The lowest BCUT2D eigenvalue weighted by atomic mass is 10.0. The van der Waals surface area contributed by atoms with Gasteiger partial charge in [0.1, 0.15) is 0 Å². The van der Waals surface area contributed by atoms with Crippen molar-refractivity contribution in [2.24, 2.45) is 0 Å². The Morgan fingerprint density at radius 3 is 2.87 bits per heavy atom. The van der Waals surface area contributed by atoms with E-state index in [-0.39, 0.29) is 35.5 Å². The highest BCUT2D eigenvalue weighted by atomic mass is 32.2. The highest BCUT2D eigenvalue weighted by molar-refractivity contribution is 7.91. The fourth-order valence-electron chi connectivity index (χ4n) is 2.93. The maximum absolute atomic E-state index is 12.0. The summed E-state index contributed by atoms with van der Waals surface area (Å²) in [5, 5.41) is 8.27. The van der Waals surface area contributed by atoms with Crippen LogP contribution in [-0.2, 0) is 21.1 Å². The number of carbonyl (C=O) groups is 2. The van der Waals surface area contributed by atoms with Crippen molar-refractivity contribution in [1.29, 1.82) is 0 Å². The molecule has 0 bridgehead atoms. The molecule has 2 atom stereocenters. The molecule has 7 nitrogen and oxygen atoms in total. The van der Waals surface area contributed by atoms with Crippen LogP contribution in [0.3, 0.4) is 0 Å². The predicted molar refractivity (Wildman–Crippen MR) is 85.9 cm³/mol. The first kappa shape index (κ1) is 15.8. The van der Waals surface area contributed by atoms with Gasteiger partial charge in [0.25, 0.3) is 0 Å². The standard InChI is InChI=1S/C15H19N3O4S/c1-9(10-2-3-13-11(6-10)7-14(19)18-13)16-15(20)17-12-4-5-23(21,22)8-12/h2-3,6,9,12H,4-5,7-8H2,1H3,(H,18,19)(H2,16,17,20)/t9-,12-/m0/s1. The number of hydrogen-bond acceptors (Lipinski definition) is 4. The van der Waals surface area contributed by atoms with E-state index in [0.717, 1.165) is 16.8 Å². The van der Waals surface area contributed by atoms with Crippen LogP contribution < -0.4 is 16.0 Å². The Morgan fingerprint density at radius 2 is 2.17 bits per heavy atom. The monoisotopic (exact) mass is 337 g/mol. The molecule has 0 saturated carbocycles. The normalized spacial score (nSPS) is 23.0. The van der Waals surface area contributed by atoms with E-state index in [9.17, 15) is 18.0 Å². The summed E-state index contributed by atoms with van der Waals surface area (Å²) >= 11 is 0. The van der Waals surface area contributed by atoms with E-state index in [1.165, 1.54) is 0 Å². The minimum Gasteiger partial charge on any atom is -0.334 e. The van der Waals surface area contributed by atoms with Crippen molar-refractivity contribution in [2.45, 2.75) is 31.8 Å². The maximum atomic E-state index is 12.0. The molecule has 1 aromatic rings. The summed E-state index contributed by atoms with van der Waals surface area (Å²) < 4.78 is 22.8. The second kappa shape index (κ2) is 5.84. The molecular weight excluding hydrogens is 318 g/mol. The smallest absolute Gasteiger partial charge is 0.315 e. The molecule has 3 amide bonds. The lowest BCUT2D eigenvalue weighted by molar-refractivity contribution is -0.115. The summed E-state index contributed by atoms with van der Waals surface area (Å²) in [6.45, 7) is 1.84. The Hall–Kier alpha value is -2.09. The summed E-state index contributed by atoms with van der Waals surface area (Å²) in [5.41, 5.74) is 2.63. The van der Waals surface area contributed by atoms with Crippen molar-refractivity contribution in [2.75, 3.05) is 16.8 Å². The van der Waals surface area contributed by atoms with Gasteiger partial charge in [0, 0.05) is 11.7 Å². The van der Waals surface area contributed by atoms with Crippen LogP contribution in [0.5, 0.6) is 0 Å². The fourth-order valence-corrected chi connectivity index (χ4v) is 4.61. The molecule has 2 aliphatic heterocycles. The van der Waals surface area contributed by atoms with E-state index in [4.69, 9.17) is 0 Å². The number of hydrogen-bond donors (Lipinski definition) is 3. The molecule has 0 radical (unpaired) electrons. The molecule has 0 aliphatic carbocycles. The van der Waals surface area contributed by atoms with Gasteiger partial charge in [0.05, 0.1) is 24.0 Å². The summed E-state index contributed by atoms with van der Waals surface area (Å²) in [4.78, 5) is 23.4. The van der Waals surface area contributed by atoms with Crippen LogP contribution in [0.25, 0.3) is 0 Å². The average Bonchev–Trinajstić information content (AvgIpc) is 2.98.